The van der Waals surface area contributed by atoms with Crippen LogP contribution in [-0.2, 0) is 0 Å². The van der Waals surface area contributed by atoms with E-state index in [-0.39, 0.29) is 0 Å². The van der Waals surface area contributed by atoms with Crippen molar-refractivity contribution >= 4 is 70.5 Å². The zero-order chi connectivity index (χ0) is 27.4. The van der Waals surface area contributed by atoms with Crippen LogP contribution >= 0.6 is 0 Å². The lowest BCUT2D eigenvalue weighted by atomic mass is 9.92. The van der Waals surface area contributed by atoms with Crippen LogP contribution < -0.4 is 0 Å². The van der Waals surface area contributed by atoms with Crippen molar-refractivity contribution in [3.8, 4) is 16.8 Å². The second kappa shape index (κ2) is 7.96. The molecule has 0 saturated heterocycles. The van der Waals surface area contributed by atoms with Gasteiger partial charge in [-0.05, 0) is 85.9 Å². The van der Waals surface area contributed by atoms with E-state index in [1.807, 2.05) is 6.20 Å². The van der Waals surface area contributed by atoms with Gasteiger partial charge in [0.2, 0.25) is 0 Å². The Labute approximate surface area is 240 Å². The summed E-state index contributed by atoms with van der Waals surface area (Å²) in [6.07, 6.45) is 1.89. The summed E-state index contributed by atoms with van der Waals surface area (Å²) in [7, 11) is 0. The standard InChI is InChI=1S/C39H23N3/c1-2-9-29-27(7-1)28-8-3-4-10-30(28)33-23-25(17-20-31(29)33)24-15-18-26(19-16-24)41-35-12-5-11-32-34-21-22-40-42(34)37-14-6-13-36(41)39(37)38(32)35/h1-23H. The summed E-state index contributed by atoms with van der Waals surface area (Å²) in [5.41, 5.74) is 8.30. The van der Waals surface area contributed by atoms with E-state index in [4.69, 9.17) is 0 Å². The van der Waals surface area contributed by atoms with Crippen LogP contribution in [0.1, 0.15) is 0 Å². The third-order valence-corrected chi connectivity index (χ3v) is 9.14. The average Bonchev–Trinajstić information content (AvgIpc) is 3.69. The second-order valence-corrected chi connectivity index (χ2v) is 11.2. The number of fused-ring (bicyclic) bond motifs is 9. The van der Waals surface area contributed by atoms with Crippen molar-refractivity contribution in [1.82, 2.24) is 14.2 Å². The quantitative estimate of drug-likeness (QED) is 0.203. The van der Waals surface area contributed by atoms with Gasteiger partial charge < -0.3 is 4.57 Å². The van der Waals surface area contributed by atoms with Gasteiger partial charge >= 0.3 is 0 Å². The van der Waals surface area contributed by atoms with Crippen molar-refractivity contribution < 1.29 is 0 Å². The zero-order valence-electron chi connectivity index (χ0n) is 22.6. The van der Waals surface area contributed by atoms with E-state index in [1.165, 1.54) is 70.6 Å². The van der Waals surface area contributed by atoms with E-state index < -0.39 is 0 Å². The van der Waals surface area contributed by atoms with Crippen LogP contribution in [0.2, 0.25) is 0 Å². The van der Waals surface area contributed by atoms with Gasteiger partial charge in [-0.3, -0.25) is 0 Å². The Morgan fingerprint density at radius 2 is 0.952 bits per heavy atom. The van der Waals surface area contributed by atoms with Crippen molar-refractivity contribution in [3.63, 3.8) is 0 Å². The van der Waals surface area contributed by atoms with Crippen molar-refractivity contribution in [3.05, 3.63) is 140 Å². The van der Waals surface area contributed by atoms with E-state index >= 15 is 0 Å². The predicted molar refractivity (Wildman–Crippen MR) is 176 cm³/mol. The number of rotatable bonds is 2. The van der Waals surface area contributed by atoms with Gasteiger partial charge in [0.25, 0.3) is 0 Å². The maximum atomic E-state index is 4.66. The average molecular weight is 534 g/mol. The number of hydrogen-bond acceptors (Lipinski definition) is 1. The molecule has 0 unspecified atom stereocenters. The molecule has 3 heterocycles. The molecule has 0 aliphatic heterocycles. The Balaban J connectivity index is 1.18. The molecule has 0 atom stereocenters. The first-order chi connectivity index (χ1) is 20.8. The van der Waals surface area contributed by atoms with Gasteiger partial charge in [0.1, 0.15) is 0 Å². The van der Waals surface area contributed by atoms with Crippen molar-refractivity contribution in [2.75, 3.05) is 0 Å². The second-order valence-electron chi connectivity index (χ2n) is 11.2. The van der Waals surface area contributed by atoms with E-state index in [1.54, 1.807) is 0 Å². The number of hydrogen-bond donors (Lipinski definition) is 0. The number of pyridine rings is 1. The Hall–Kier alpha value is -5.67. The van der Waals surface area contributed by atoms with Crippen LogP contribution in [-0.4, -0.2) is 14.2 Å². The largest absolute Gasteiger partial charge is 0.309 e. The van der Waals surface area contributed by atoms with Crippen molar-refractivity contribution in [2.24, 2.45) is 0 Å². The van der Waals surface area contributed by atoms with Crippen molar-refractivity contribution in [1.29, 1.82) is 0 Å². The van der Waals surface area contributed by atoms with Gasteiger partial charge in [0, 0.05) is 21.8 Å². The third-order valence-electron chi connectivity index (χ3n) is 9.14. The molecule has 0 N–H and O–H groups in total. The molecule has 0 radical (unpaired) electrons. The van der Waals surface area contributed by atoms with E-state index in [9.17, 15) is 0 Å². The number of benzene rings is 7. The van der Waals surface area contributed by atoms with Gasteiger partial charge in [-0.15, -0.1) is 0 Å². The maximum Gasteiger partial charge on any atom is 0.0753 e. The molecule has 10 rings (SSSR count). The lowest BCUT2D eigenvalue weighted by molar-refractivity contribution is 1.01. The summed E-state index contributed by atoms with van der Waals surface area (Å²) in [6, 6.07) is 48.7. The molecule has 0 amide bonds. The molecule has 0 aliphatic carbocycles. The molecule has 3 nitrogen and oxygen atoms in total. The van der Waals surface area contributed by atoms with Gasteiger partial charge in [-0.2, -0.15) is 5.10 Å². The van der Waals surface area contributed by atoms with Gasteiger partial charge in [0.05, 0.1) is 28.3 Å². The minimum absolute atomic E-state index is 1.14. The fourth-order valence-corrected chi connectivity index (χ4v) is 7.35. The molecule has 0 bridgehead atoms. The Morgan fingerprint density at radius 3 is 1.69 bits per heavy atom. The molecule has 0 aliphatic rings. The smallest absolute Gasteiger partial charge is 0.0753 e. The monoisotopic (exact) mass is 533 g/mol. The third kappa shape index (κ3) is 2.77. The summed E-state index contributed by atoms with van der Waals surface area (Å²) in [5, 5.41) is 16.3. The summed E-state index contributed by atoms with van der Waals surface area (Å²) < 4.78 is 4.47. The van der Waals surface area contributed by atoms with E-state index in [0.717, 1.165) is 16.7 Å². The summed E-state index contributed by atoms with van der Waals surface area (Å²) in [5.74, 6) is 0. The lowest BCUT2D eigenvalue weighted by Gasteiger charge is -2.13. The summed E-state index contributed by atoms with van der Waals surface area (Å²) in [4.78, 5) is 0. The lowest BCUT2D eigenvalue weighted by Crippen LogP contribution is -1.93. The Bertz CT molecular complexity index is 2550. The van der Waals surface area contributed by atoms with Gasteiger partial charge in [0.15, 0.2) is 0 Å². The Kier molecular flexibility index (Phi) is 4.18. The van der Waals surface area contributed by atoms with Gasteiger partial charge in [-0.1, -0.05) is 91.0 Å². The fourth-order valence-electron chi connectivity index (χ4n) is 7.35. The highest BCUT2D eigenvalue weighted by molar-refractivity contribution is 6.27. The van der Waals surface area contributed by atoms with Crippen LogP contribution in [0.25, 0.3) is 87.4 Å². The molecular formula is C39H23N3. The number of aromatic nitrogens is 3. The molecule has 3 heteroatoms. The minimum Gasteiger partial charge on any atom is -0.309 e. The maximum absolute atomic E-state index is 4.66. The molecule has 3 aromatic heterocycles. The van der Waals surface area contributed by atoms with Crippen LogP contribution in [0.4, 0.5) is 0 Å². The normalized spacial score (nSPS) is 12.3. The summed E-state index contributed by atoms with van der Waals surface area (Å²) >= 11 is 0. The molecular weight excluding hydrogens is 510 g/mol. The first kappa shape index (κ1) is 22.1. The van der Waals surface area contributed by atoms with Crippen LogP contribution in [0.3, 0.4) is 0 Å². The van der Waals surface area contributed by atoms with Crippen LogP contribution in [0, 0.1) is 0 Å². The van der Waals surface area contributed by atoms with Crippen LogP contribution in [0.5, 0.6) is 0 Å². The predicted octanol–water partition coefficient (Wildman–Crippen LogP) is 10.1. The molecule has 0 spiro atoms. The van der Waals surface area contributed by atoms with Crippen LogP contribution in [0.15, 0.2) is 140 Å². The van der Waals surface area contributed by atoms with Gasteiger partial charge in [-0.25, -0.2) is 4.52 Å². The molecule has 0 fully saturated rings. The number of nitrogens with zero attached hydrogens (tertiary/aromatic N) is 3. The SMILES string of the molecule is c1ccc2c(c1)c1ccccc1c1cc(-c3ccc(-n4c5cccc6c5c5c4cccc5n4nccc64)cc3)ccc21. The molecule has 7 aromatic carbocycles. The molecule has 0 saturated carbocycles. The molecule has 42 heavy (non-hydrogen) atoms. The highest BCUT2D eigenvalue weighted by atomic mass is 15.2. The van der Waals surface area contributed by atoms with E-state index in [0.29, 0.717) is 0 Å². The molecule has 194 valence electrons. The first-order valence-corrected chi connectivity index (χ1v) is 14.4. The topological polar surface area (TPSA) is 22.2 Å². The highest BCUT2D eigenvalue weighted by Gasteiger charge is 2.20. The Morgan fingerprint density at radius 1 is 0.381 bits per heavy atom. The van der Waals surface area contributed by atoms with E-state index in [2.05, 4.69) is 148 Å². The van der Waals surface area contributed by atoms with Crippen molar-refractivity contribution in [2.45, 2.75) is 0 Å². The zero-order valence-corrected chi connectivity index (χ0v) is 22.6. The fraction of sp³-hybridized carbons (Fsp3) is 0. The minimum atomic E-state index is 1.14. The first-order valence-electron chi connectivity index (χ1n) is 14.4. The highest BCUT2D eigenvalue weighted by Crippen LogP contribution is 2.41. The molecule has 10 aromatic rings. The summed E-state index contributed by atoms with van der Waals surface area (Å²) in [6.45, 7) is 0.